The van der Waals surface area contributed by atoms with E-state index in [1.807, 2.05) is 6.92 Å². The van der Waals surface area contributed by atoms with Gasteiger partial charge in [-0.05, 0) is 46.2 Å². The first-order valence-corrected chi connectivity index (χ1v) is 7.02. The van der Waals surface area contributed by atoms with Gasteiger partial charge in [0.1, 0.15) is 0 Å². The van der Waals surface area contributed by atoms with Crippen molar-refractivity contribution in [3.05, 3.63) is 12.2 Å². The Bertz CT molecular complexity index is 285. The number of piperidine rings is 1. The van der Waals surface area contributed by atoms with E-state index >= 15 is 0 Å². The summed E-state index contributed by atoms with van der Waals surface area (Å²) in [5.41, 5.74) is 6.80. The Labute approximate surface area is 134 Å². The van der Waals surface area contributed by atoms with E-state index in [-0.39, 0.29) is 24.0 Å². The van der Waals surface area contributed by atoms with Gasteiger partial charge in [-0.2, -0.15) is 0 Å². The van der Waals surface area contributed by atoms with E-state index in [0.717, 1.165) is 18.5 Å². The van der Waals surface area contributed by atoms with Gasteiger partial charge >= 0.3 is 0 Å². The van der Waals surface area contributed by atoms with E-state index in [2.05, 4.69) is 28.7 Å². The second-order valence-corrected chi connectivity index (χ2v) is 5.32. The molecule has 112 valence electrons. The maximum Gasteiger partial charge on any atom is 0.188 e. The summed E-state index contributed by atoms with van der Waals surface area (Å²) in [5, 5.41) is 3.17. The van der Waals surface area contributed by atoms with E-state index in [1.54, 1.807) is 0 Å². The molecule has 0 saturated carbocycles. The number of nitrogens with one attached hydrogen (secondary N) is 1. The first-order chi connectivity index (χ1) is 8.59. The van der Waals surface area contributed by atoms with Crippen LogP contribution in [0.3, 0.4) is 0 Å². The third-order valence-electron chi connectivity index (χ3n) is 3.40. The Hall–Kier alpha value is -0.300. The van der Waals surface area contributed by atoms with Crippen molar-refractivity contribution in [3.63, 3.8) is 0 Å². The van der Waals surface area contributed by atoms with Gasteiger partial charge in [0.15, 0.2) is 5.96 Å². The van der Waals surface area contributed by atoms with E-state index in [1.165, 1.54) is 32.4 Å². The summed E-state index contributed by atoms with van der Waals surface area (Å²) in [4.78, 5) is 6.78. The third kappa shape index (κ3) is 8.47. The smallest absolute Gasteiger partial charge is 0.188 e. The predicted octanol–water partition coefficient (Wildman–Crippen LogP) is 2.35. The molecule has 1 atom stereocenters. The van der Waals surface area contributed by atoms with Gasteiger partial charge in [0.25, 0.3) is 0 Å². The highest BCUT2D eigenvalue weighted by Gasteiger charge is 2.15. The summed E-state index contributed by atoms with van der Waals surface area (Å²) < 4.78 is 0. The summed E-state index contributed by atoms with van der Waals surface area (Å²) in [6.45, 7) is 12.1. The van der Waals surface area contributed by atoms with Crippen LogP contribution in [0.4, 0.5) is 0 Å². The number of aliphatic imine (C=N–C) groups is 1. The van der Waals surface area contributed by atoms with Gasteiger partial charge in [0.2, 0.25) is 0 Å². The summed E-state index contributed by atoms with van der Waals surface area (Å²) in [7, 11) is 0. The highest BCUT2D eigenvalue weighted by atomic mass is 127. The second-order valence-electron chi connectivity index (χ2n) is 5.32. The van der Waals surface area contributed by atoms with Crippen LogP contribution < -0.4 is 11.1 Å². The molecule has 1 unspecified atom stereocenters. The van der Waals surface area contributed by atoms with Crippen molar-refractivity contribution >= 4 is 29.9 Å². The van der Waals surface area contributed by atoms with Crippen molar-refractivity contribution in [1.29, 1.82) is 0 Å². The number of nitrogens with zero attached hydrogens (tertiary/aromatic N) is 2. The summed E-state index contributed by atoms with van der Waals surface area (Å²) in [5.74, 6) is 0.531. The van der Waals surface area contributed by atoms with Crippen LogP contribution >= 0.6 is 24.0 Å². The summed E-state index contributed by atoms with van der Waals surface area (Å²) >= 11 is 0. The number of hydrogen-bond donors (Lipinski definition) is 2. The van der Waals surface area contributed by atoms with Gasteiger partial charge in [-0.25, -0.2) is 4.99 Å². The van der Waals surface area contributed by atoms with Gasteiger partial charge < -0.3 is 16.0 Å². The molecule has 4 nitrogen and oxygen atoms in total. The maximum atomic E-state index is 5.77. The molecule has 19 heavy (non-hydrogen) atoms. The van der Waals surface area contributed by atoms with Crippen molar-refractivity contribution in [3.8, 4) is 0 Å². The average molecular weight is 380 g/mol. The molecule has 0 radical (unpaired) electrons. The zero-order valence-electron chi connectivity index (χ0n) is 12.3. The number of nitrogens with two attached hydrogens (primary N) is 1. The number of hydrogen-bond acceptors (Lipinski definition) is 2. The quantitative estimate of drug-likeness (QED) is 0.322. The molecule has 1 aliphatic heterocycles. The Balaban J connectivity index is 0.00000324. The lowest BCUT2D eigenvalue weighted by atomic mass is 10.1. The second kappa shape index (κ2) is 10.5. The number of halogens is 1. The molecule has 0 aromatic heterocycles. The Kier molecular flexibility index (Phi) is 10.3. The number of likely N-dealkylation sites (tertiary alicyclic amines) is 1. The number of guanidine groups is 1. The molecule has 1 saturated heterocycles. The lowest BCUT2D eigenvalue weighted by Gasteiger charge is -2.32. The lowest BCUT2D eigenvalue weighted by molar-refractivity contribution is 0.167. The highest BCUT2D eigenvalue weighted by Crippen LogP contribution is 2.13. The molecular weight excluding hydrogens is 351 g/mol. The molecule has 0 amide bonds. The molecule has 1 aliphatic rings. The fourth-order valence-electron chi connectivity index (χ4n) is 2.23. The van der Waals surface area contributed by atoms with Gasteiger partial charge in [-0.3, -0.25) is 0 Å². The van der Waals surface area contributed by atoms with E-state index in [0.29, 0.717) is 18.5 Å². The highest BCUT2D eigenvalue weighted by molar-refractivity contribution is 14.0. The van der Waals surface area contributed by atoms with Gasteiger partial charge in [-0.15, -0.1) is 24.0 Å². The monoisotopic (exact) mass is 380 g/mol. The van der Waals surface area contributed by atoms with E-state index < -0.39 is 0 Å². The summed E-state index contributed by atoms with van der Waals surface area (Å²) in [6.07, 6.45) is 5.20. The minimum atomic E-state index is 0. The molecular formula is C14H29IN4. The number of rotatable bonds is 6. The van der Waals surface area contributed by atoms with Crippen LogP contribution in [0, 0.1) is 0 Å². The normalized spacial score (nSPS) is 18.5. The molecule has 0 aromatic carbocycles. The molecule has 0 aliphatic carbocycles. The molecule has 1 heterocycles. The van der Waals surface area contributed by atoms with Gasteiger partial charge in [-0.1, -0.05) is 18.6 Å². The maximum absolute atomic E-state index is 5.77. The lowest BCUT2D eigenvalue weighted by Crippen LogP contribution is -2.40. The topological polar surface area (TPSA) is 53.6 Å². The zero-order valence-corrected chi connectivity index (χ0v) is 14.7. The van der Waals surface area contributed by atoms with Crippen molar-refractivity contribution in [2.24, 2.45) is 10.7 Å². The molecule has 3 N–H and O–H groups in total. The third-order valence-corrected chi connectivity index (χ3v) is 3.40. The molecule has 0 spiro atoms. The van der Waals surface area contributed by atoms with Crippen LogP contribution in [0.5, 0.6) is 0 Å². The van der Waals surface area contributed by atoms with Crippen LogP contribution in [0.2, 0.25) is 0 Å². The molecule has 1 fully saturated rings. The average Bonchev–Trinajstić information content (AvgIpc) is 2.37. The van der Waals surface area contributed by atoms with Crippen molar-refractivity contribution < 1.29 is 0 Å². The van der Waals surface area contributed by atoms with Gasteiger partial charge in [0.05, 0.1) is 6.54 Å². The van der Waals surface area contributed by atoms with E-state index in [9.17, 15) is 0 Å². The molecule has 5 heteroatoms. The van der Waals surface area contributed by atoms with Crippen LogP contribution in [0.25, 0.3) is 0 Å². The molecule has 0 bridgehead atoms. The Morgan fingerprint density at radius 3 is 2.58 bits per heavy atom. The van der Waals surface area contributed by atoms with Crippen LogP contribution in [0.1, 0.15) is 39.5 Å². The Morgan fingerprint density at radius 1 is 1.37 bits per heavy atom. The van der Waals surface area contributed by atoms with Crippen molar-refractivity contribution in [1.82, 2.24) is 10.2 Å². The minimum Gasteiger partial charge on any atom is -0.370 e. The largest absolute Gasteiger partial charge is 0.370 e. The minimum absolute atomic E-state index is 0. The molecule has 0 aromatic rings. The zero-order chi connectivity index (χ0) is 13.4. The Morgan fingerprint density at radius 2 is 2.00 bits per heavy atom. The first kappa shape index (κ1) is 18.7. The van der Waals surface area contributed by atoms with E-state index in [4.69, 9.17) is 5.73 Å². The van der Waals surface area contributed by atoms with Crippen LogP contribution in [0.15, 0.2) is 17.1 Å². The fourth-order valence-corrected chi connectivity index (χ4v) is 2.23. The first-order valence-electron chi connectivity index (χ1n) is 7.02. The molecule has 1 rings (SSSR count). The summed E-state index contributed by atoms with van der Waals surface area (Å²) in [6, 6.07) is 0.631. The van der Waals surface area contributed by atoms with Crippen LogP contribution in [-0.2, 0) is 0 Å². The van der Waals surface area contributed by atoms with Crippen molar-refractivity contribution in [2.45, 2.75) is 45.6 Å². The van der Waals surface area contributed by atoms with Gasteiger partial charge in [0, 0.05) is 12.6 Å². The predicted molar refractivity (Wildman–Crippen MR) is 94.2 cm³/mol. The standard InChI is InChI=1S/C14H28N4.HI/c1-12(2)11-17-14(15)16-8-7-13(3)18-9-5-4-6-10-18;/h13H,1,4-11H2,2-3H3,(H3,15,16,17);1H. The SMILES string of the molecule is C=C(C)CN=C(N)NCCC(C)N1CCCCC1.I. The van der Waals surface area contributed by atoms with Crippen molar-refractivity contribution in [2.75, 3.05) is 26.2 Å². The fraction of sp³-hybridized carbons (Fsp3) is 0.786. The van der Waals surface area contributed by atoms with Crippen LogP contribution in [-0.4, -0.2) is 43.1 Å².